The van der Waals surface area contributed by atoms with Gasteiger partial charge < -0.3 is 39.9 Å². The summed E-state index contributed by atoms with van der Waals surface area (Å²) >= 11 is 0. The van der Waals surface area contributed by atoms with Gasteiger partial charge in [0.05, 0.1) is 13.2 Å². The molecule has 0 heterocycles. The molecule has 0 amide bonds. The molecule has 0 aromatic heterocycles. The van der Waals surface area contributed by atoms with Crippen LogP contribution in [-0.2, 0) is 27.9 Å². The molecule has 1 rings (SSSR count). The summed E-state index contributed by atoms with van der Waals surface area (Å²) in [5.41, 5.74) is 0. The zero-order valence-corrected chi connectivity index (χ0v) is 41.7. The van der Waals surface area contributed by atoms with Crippen LogP contribution in [0.1, 0.15) is 245 Å². The quantitative estimate of drug-likeness (QED) is 0.0147. The molecule has 0 saturated heterocycles. The Morgan fingerprint density at radius 3 is 1.23 bits per heavy atom. The van der Waals surface area contributed by atoms with Crippen LogP contribution in [-0.4, -0.2) is 98.9 Å². The molecule has 1 aliphatic rings. The maximum absolute atomic E-state index is 12.9. The van der Waals surface area contributed by atoms with E-state index in [9.17, 15) is 39.8 Å². The van der Waals surface area contributed by atoms with E-state index in [0.29, 0.717) is 13.0 Å². The number of rotatable bonds is 46. The summed E-state index contributed by atoms with van der Waals surface area (Å²) in [6.07, 6.45) is 35.6. The van der Waals surface area contributed by atoms with E-state index in [1.54, 1.807) is 0 Å². The van der Waals surface area contributed by atoms with E-state index in [1.165, 1.54) is 167 Å². The lowest BCUT2D eigenvalue weighted by Gasteiger charge is -2.41. The van der Waals surface area contributed by atoms with Gasteiger partial charge in [-0.25, -0.2) is 4.57 Å². The average Bonchev–Trinajstić information content (AvgIpc) is 3.28. The van der Waals surface area contributed by atoms with Gasteiger partial charge in [0, 0.05) is 13.0 Å². The maximum atomic E-state index is 12.9. The normalized spacial score (nSPS) is 21.7. The second-order valence-corrected chi connectivity index (χ2v) is 20.1. The van der Waals surface area contributed by atoms with E-state index >= 15 is 0 Å². The highest BCUT2D eigenvalue weighted by molar-refractivity contribution is 7.47. The molecular formula is C51H99O12P. The molecule has 6 unspecified atom stereocenters. The molecule has 64 heavy (non-hydrogen) atoms. The van der Waals surface area contributed by atoms with Gasteiger partial charge in [-0.15, -0.1) is 0 Å². The second-order valence-electron chi connectivity index (χ2n) is 18.7. The van der Waals surface area contributed by atoms with Crippen LogP contribution in [0, 0.1) is 0 Å². The summed E-state index contributed by atoms with van der Waals surface area (Å²) in [5.74, 6) is -0.473. The van der Waals surface area contributed by atoms with Crippen molar-refractivity contribution in [3.8, 4) is 0 Å². The second kappa shape index (κ2) is 42.2. The molecule has 0 bridgehead atoms. The third-order valence-electron chi connectivity index (χ3n) is 12.6. The summed E-state index contributed by atoms with van der Waals surface area (Å²) in [7, 11) is -5.02. The van der Waals surface area contributed by atoms with Gasteiger partial charge in [0.2, 0.25) is 0 Å². The summed E-state index contributed by atoms with van der Waals surface area (Å²) in [6.45, 7) is 4.29. The molecule has 380 valence electrons. The number of carbonyl (C=O) groups is 1. The number of hydrogen-bond acceptors (Lipinski definition) is 11. The Kier molecular flexibility index (Phi) is 40.3. The Morgan fingerprint density at radius 2 is 0.828 bits per heavy atom. The zero-order chi connectivity index (χ0) is 46.9. The number of esters is 1. The SMILES string of the molecule is CCCCCCCCC/C=C\CCCCCCCCOCC(COP(=O)(O)OC1C(O)C(O)C(O)C(O)C1O)OC(=O)CCCCCCCCCCCCCCCCCCCCCC. The van der Waals surface area contributed by atoms with Crippen molar-refractivity contribution >= 4 is 13.8 Å². The molecule has 0 aliphatic heterocycles. The van der Waals surface area contributed by atoms with Gasteiger partial charge in [-0.3, -0.25) is 13.8 Å². The predicted octanol–water partition coefficient (Wildman–Crippen LogP) is 11.9. The first-order chi connectivity index (χ1) is 31.0. The lowest BCUT2D eigenvalue weighted by Crippen LogP contribution is -2.64. The van der Waals surface area contributed by atoms with Crippen molar-refractivity contribution in [2.24, 2.45) is 0 Å². The molecule has 6 N–H and O–H groups in total. The first kappa shape index (κ1) is 61.1. The van der Waals surface area contributed by atoms with Gasteiger partial charge in [0.1, 0.15) is 42.7 Å². The minimum atomic E-state index is -5.02. The molecule has 1 fully saturated rings. The summed E-state index contributed by atoms with van der Waals surface area (Å²) in [4.78, 5) is 23.3. The summed E-state index contributed by atoms with van der Waals surface area (Å²) < 4.78 is 34.3. The molecule has 0 radical (unpaired) electrons. The Labute approximate surface area is 390 Å². The fourth-order valence-corrected chi connectivity index (χ4v) is 9.38. The van der Waals surface area contributed by atoms with Crippen LogP contribution in [0.25, 0.3) is 0 Å². The van der Waals surface area contributed by atoms with Gasteiger partial charge in [-0.1, -0.05) is 212 Å². The summed E-state index contributed by atoms with van der Waals surface area (Å²) in [6, 6.07) is 0. The number of phosphoric acid groups is 1. The van der Waals surface area contributed by atoms with Crippen LogP contribution in [0.15, 0.2) is 12.2 Å². The highest BCUT2D eigenvalue weighted by Crippen LogP contribution is 2.47. The zero-order valence-electron chi connectivity index (χ0n) is 40.9. The van der Waals surface area contributed by atoms with Crippen LogP contribution in [0.4, 0.5) is 0 Å². The lowest BCUT2D eigenvalue weighted by atomic mass is 9.85. The van der Waals surface area contributed by atoms with Gasteiger partial charge in [0.15, 0.2) is 0 Å². The van der Waals surface area contributed by atoms with Crippen molar-refractivity contribution in [2.45, 2.75) is 288 Å². The van der Waals surface area contributed by atoms with Crippen LogP contribution in [0.5, 0.6) is 0 Å². The van der Waals surface area contributed by atoms with Gasteiger partial charge >= 0.3 is 13.8 Å². The van der Waals surface area contributed by atoms with Crippen molar-refractivity contribution in [2.75, 3.05) is 19.8 Å². The van der Waals surface area contributed by atoms with E-state index in [-0.39, 0.29) is 13.0 Å². The van der Waals surface area contributed by atoms with E-state index in [2.05, 4.69) is 26.0 Å². The number of carbonyl (C=O) groups excluding carboxylic acids is 1. The predicted molar refractivity (Wildman–Crippen MR) is 258 cm³/mol. The Balaban J connectivity index is 2.32. The number of aliphatic hydroxyl groups is 5. The van der Waals surface area contributed by atoms with Crippen molar-refractivity contribution in [3.05, 3.63) is 12.2 Å². The number of unbranched alkanes of at least 4 members (excludes halogenated alkanes) is 32. The first-order valence-electron chi connectivity index (χ1n) is 26.5. The molecule has 0 aromatic rings. The van der Waals surface area contributed by atoms with Crippen molar-refractivity contribution in [3.63, 3.8) is 0 Å². The van der Waals surface area contributed by atoms with E-state index in [4.69, 9.17) is 18.5 Å². The van der Waals surface area contributed by atoms with Crippen LogP contribution in [0.3, 0.4) is 0 Å². The van der Waals surface area contributed by atoms with Crippen molar-refractivity contribution in [1.82, 2.24) is 0 Å². The standard InChI is InChI=1S/C51H99O12P/c1-3-5-7-9-11-13-15-17-19-21-22-23-24-26-28-30-32-34-36-38-40-45(52)62-44(43-61-64(58,59)63-51-49(56)47(54)46(53)48(55)50(51)57)42-60-41-39-37-35-33-31-29-27-25-20-18-16-14-12-10-8-6-4-2/h20,25,44,46-51,53-57H,3-19,21-24,26-43H2,1-2H3,(H,58,59)/b25-20-. The van der Waals surface area contributed by atoms with Crippen molar-refractivity contribution < 1.29 is 58.3 Å². The maximum Gasteiger partial charge on any atom is 0.472 e. The Morgan fingerprint density at radius 1 is 0.484 bits per heavy atom. The van der Waals surface area contributed by atoms with Crippen LogP contribution in [0.2, 0.25) is 0 Å². The molecule has 0 aromatic carbocycles. The molecular weight excluding hydrogens is 836 g/mol. The molecule has 13 heteroatoms. The van der Waals surface area contributed by atoms with E-state index in [1.807, 2.05) is 0 Å². The number of ether oxygens (including phenoxy) is 2. The number of hydrogen-bond donors (Lipinski definition) is 6. The highest BCUT2D eigenvalue weighted by Gasteiger charge is 2.51. The van der Waals surface area contributed by atoms with Crippen LogP contribution >= 0.6 is 7.82 Å². The largest absolute Gasteiger partial charge is 0.472 e. The topological polar surface area (TPSA) is 192 Å². The molecule has 0 spiro atoms. The summed E-state index contributed by atoms with van der Waals surface area (Å²) in [5, 5.41) is 50.3. The number of aliphatic hydroxyl groups excluding tert-OH is 5. The highest BCUT2D eigenvalue weighted by atomic mass is 31.2. The van der Waals surface area contributed by atoms with E-state index < -0.39 is 63.1 Å². The van der Waals surface area contributed by atoms with Gasteiger partial charge in [0.25, 0.3) is 0 Å². The lowest BCUT2D eigenvalue weighted by molar-refractivity contribution is -0.220. The molecule has 1 aliphatic carbocycles. The van der Waals surface area contributed by atoms with Crippen molar-refractivity contribution in [1.29, 1.82) is 0 Å². The number of phosphoric ester groups is 1. The average molecular weight is 935 g/mol. The minimum absolute atomic E-state index is 0.0749. The third kappa shape index (κ3) is 33.5. The minimum Gasteiger partial charge on any atom is -0.457 e. The molecule has 6 atom stereocenters. The molecule has 12 nitrogen and oxygen atoms in total. The third-order valence-corrected chi connectivity index (χ3v) is 13.6. The Bertz CT molecular complexity index is 1110. The Hall–Kier alpha value is -0.920. The van der Waals surface area contributed by atoms with E-state index in [0.717, 1.165) is 51.4 Å². The van der Waals surface area contributed by atoms with Gasteiger partial charge in [-0.05, 0) is 38.5 Å². The van der Waals surface area contributed by atoms with Crippen LogP contribution < -0.4 is 0 Å². The number of allylic oxidation sites excluding steroid dienone is 2. The fourth-order valence-electron chi connectivity index (χ4n) is 8.41. The smallest absolute Gasteiger partial charge is 0.457 e. The first-order valence-corrected chi connectivity index (χ1v) is 28.0. The van der Waals surface area contributed by atoms with Gasteiger partial charge in [-0.2, -0.15) is 0 Å². The monoisotopic (exact) mass is 935 g/mol. The molecule has 1 saturated carbocycles. The fraction of sp³-hybridized carbons (Fsp3) is 0.941.